The third-order valence-electron chi connectivity index (χ3n) is 5.30. The van der Waals surface area contributed by atoms with Gasteiger partial charge in [0.2, 0.25) is 5.91 Å². The van der Waals surface area contributed by atoms with E-state index in [0.29, 0.717) is 29.7 Å². The van der Waals surface area contributed by atoms with E-state index in [-0.39, 0.29) is 12.4 Å². The minimum Gasteiger partial charge on any atom is -0.485 e. The van der Waals surface area contributed by atoms with Crippen molar-refractivity contribution in [3.05, 3.63) is 96.1 Å². The molecule has 1 amide bonds. The maximum absolute atomic E-state index is 13.4. The molecule has 1 heterocycles. The average Bonchev–Trinajstić information content (AvgIpc) is 3.27. The molecule has 0 aliphatic rings. The fraction of sp³-hybridized carbons (Fsp3) is 0.192. The molecule has 4 rings (SSSR count). The van der Waals surface area contributed by atoms with Crippen molar-refractivity contribution in [2.75, 3.05) is 13.7 Å². The minimum atomic E-state index is -0.756. The summed E-state index contributed by atoms with van der Waals surface area (Å²) in [7, 11) is 1.61. The second kappa shape index (κ2) is 11.6. The molecule has 7 nitrogen and oxygen atoms in total. The van der Waals surface area contributed by atoms with Crippen LogP contribution in [-0.2, 0) is 22.7 Å². The second-order valence-corrected chi connectivity index (χ2v) is 8.72. The monoisotopic (exact) mass is 492 g/mol. The van der Waals surface area contributed by atoms with Gasteiger partial charge in [-0.15, -0.1) is 10.2 Å². The number of nitrogens with zero attached hydrogens (tertiary/aromatic N) is 3. The van der Waals surface area contributed by atoms with Crippen LogP contribution in [0.25, 0.3) is 11.1 Å². The molecule has 0 aliphatic carbocycles. The third kappa shape index (κ3) is 6.06. The minimum absolute atomic E-state index is 0.166. The van der Waals surface area contributed by atoms with Crippen LogP contribution in [0.3, 0.4) is 0 Å². The van der Waals surface area contributed by atoms with Crippen LogP contribution >= 0.6 is 11.8 Å². The first-order valence-corrected chi connectivity index (χ1v) is 11.8. The average molecular weight is 493 g/mol. The Labute approximate surface area is 207 Å². The summed E-state index contributed by atoms with van der Waals surface area (Å²) >= 11 is 1.16. The highest BCUT2D eigenvalue weighted by Crippen LogP contribution is 2.35. The number of primary amides is 1. The number of nitrogens with two attached hydrogens (primary N) is 1. The van der Waals surface area contributed by atoms with Crippen LogP contribution in [0, 0.1) is 5.82 Å². The number of ether oxygens (including phenoxy) is 2. The summed E-state index contributed by atoms with van der Waals surface area (Å²) in [5.74, 6) is 0.350. The first-order valence-electron chi connectivity index (χ1n) is 11.0. The Morgan fingerprint density at radius 3 is 2.46 bits per heavy atom. The molecule has 9 heteroatoms. The van der Waals surface area contributed by atoms with Crippen LogP contribution in [0.15, 0.2) is 84.0 Å². The lowest BCUT2D eigenvalue weighted by Crippen LogP contribution is -2.20. The van der Waals surface area contributed by atoms with E-state index < -0.39 is 11.2 Å². The number of para-hydroxylation sites is 1. The number of halogens is 1. The van der Waals surface area contributed by atoms with E-state index in [9.17, 15) is 9.18 Å². The van der Waals surface area contributed by atoms with Gasteiger partial charge in [0, 0.05) is 19.2 Å². The molecule has 0 bridgehead atoms. The van der Waals surface area contributed by atoms with Crippen molar-refractivity contribution in [3.63, 3.8) is 0 Å². The lowest BCUT2D eigenvalue weighted by atomic mass is 10.1. The maximum atomic E-state index is 13.4. The van der Waals surface area contributed by atoms with E-state index in [4.69, 9.17) is 15.2 Å². The topological polar surface area (TPSA) is 92.3 Å². The number of methoxy groups -OCH3 is 1. The van der Waals surface area contributed by atoms with Crippen LogP contribution in [-0.4, -0.2) is 34.4 Å². The van der Waals surface area contributed by atoms with E-state index >= 15 is 0 Å². The highest BCUT2D eigenvalue weighted by atomic mass is 32.2. The molecule has 2 N–H and O–H groups in total. The van der Waals surface area contributed by atoms with Gasteiger partial charge in [0.15, 0.2) is 11.0 Å². The van der Waals surface area contributed by atoms with Crippen molar-refractivity contribution in [1.82, 2.24) is 14.8 Å². The van der Waals surface area contributed by atoms with E-state index in [1.807, 2.05) is 59.2 Å². The van der Waals surface area contributed by atoms with Crippen molar-refractivity contribution in [2.45, 2.75) is 23.6 Å². The molecule has 0 saturated heterocycles. The van der Waals surface area contributed by atoms with Crippen LogP contribution in [0.2, 0.25) is 0 Å². The van der Waals surface area contributed by atoms with Crippen molar-refractivity contribution >= 4 is 17.7 Å². The van der Waals surface area contributed by atoms with Gasteiger partial charge in [-0.05, 0) is 29.3 Å². The van der Waals surface area contributed by atoms with Crippen LogP contribution in [0.4, 0.5) is 4.39 Å². The summed E-state index contributed by atoms with van der Waals surface area (Å²) in [5, 5.41) is 8.33. The summed E-state index contributed by atoms with van der Waals surface area (Å²) in [4.78, 5) is 12.2. The zero-order valence-electron chi connectivity index (χ0n) is 19.1. The second-order valence-electron chi connectivity index (χ2n) is 7.65. The number of aromatic nitrogens is 3. The molecule has 0 spiro atoms. The largest absolute Gasteiger partial charge is 0.485 e. The van der Waals surface area contributed by atoms with Crippen molar-refractivity contribution < 1.29 is 18.7 Å². The molecule has 180 valence electrons. The summed E-state index contributed by atoms with van der Waals surface area (Å²) in [6.07, 6.45) is 0. The molecule has 0 radical (unpaired) electrons. The highest BCUT2D eigenvalue weighted by molar-refractivity contribution is 8.00. The zero-order chi connectivity index (χ0) is 24.6. The number of hydrogen-bond donors (Lipinski definition) is 1. The van der Waals surface area contributed by atoms with Gasteiger partial charge in [0.1, 0.15) is 23.4 Å². The molecular formula is C26H25FN4O3S. The third-order valence-corrected chi connectivity index (χ3v) is 6.55. The molecular weight excluding hydrogens is 467 g/mol. The molecule has 3 aromatic carbocycles. The summed E-state index contributed by atoms with van der Waals surface area (Å²) in [6, 6.07) is 23.4. The van der Waals surface area contributed by atoms with Gasteiger partial charge < -0.3 is 19.8 Å². The van der Waals surface area contributed by atoms with Gasteiger partial charge in [-0.25, -0.2) is 4.39 Å². The Kier molecular flexibility index (Phi) is 8.12. The molecule has 4 aromatic rings. The molecule has 1 unspecified atom stereocenters. The molecule has 0 aliphatic heterocycles. The Balaban J connectivity index is 1.58. The lowest BCUT2D eigenvalue weighted by molar-refractivity contribution is -0.117. The molecule has 1 aromatic heterocycles. The number of rotatable bonds is 11. The Morgan fingerprint density at radius 2 is 1.74 bits per heavy atom. The number of thioether (sulfide) groups is 1. The smallest absolute Gasteiger partial charge is 0.235 e. The molecule has 0 fully saturated rings. The van der Waals surface area contributed by atoms with Crippen LogP contribution < -0.4 is 10.5 Å². The van der Waals surface area contributed by atoms with Crippen LogP contribution in [0.1, 0.15) is 16.6 Å². The fourth-order valence-electron chi connectivity index (χ4n) is 3.54. The normalized spacial score (nSPS) is 11.8. The standard InChI is InChI=1S/C26H25FN4O3S/c1-33-16-15-31-23(17-34-22-10-6-5-9-21(22)18-7-3-2-4-8-18)29-30-26(31)35-24(25(28)32)19-11-13-20(27)14-12-19/h2-14,24H,15-17H2,1H3,(H2,28,32). The van der Waals surface area contributed by atoms with Crippen molar-refractivity contribution in [3.8, 4) is 16.9 Å². The predicted molar refractivity (Wildman–Crippen MR) is 132 cm³/mol. The highest BCUT2D eigenvalue weighted by Gasteiger charge is 2.24. The summed E-state index contributed by atoms with van der Waals surface area (Å²) in [6.45, 7) is 1.04. The van der Waals surface area contributed by atoms with Crippen LogP contribution in [0.5, 0.6) is 5.75 Å². The van der Waals surface area contributed by atoms with E-state index in [1.54, 1.807) is 7.11 Å². The Morgan fingerprint density at radius 1 is 1.03 bits per heavy atom. The first kappa shape index (κ1) is 24.4. The van der Waals surface area contributed by atoms with Crippen molar-refractivity contribution in [1.29, 1.82) is 0 Å². The number of benzene rings is 3. The molecule has 0 saturated carbocycles. The van der Waals surface area contributed by atoms with Gasteiger partial charge in [0.25, 0.3) is 0 Å². The predicted octanol–water partition coefficient (Wildman–Crippen LogP) is 4.63. The van der Waals surface area contributed by atoms with Crippen molar-refractivity contribution in [2.24, 2.45) is 5.73 Å². The van der Waals surface area contributed by atoms with E-state index in [2.05, 4.69) is 10.2 Å². The van der Waals surface area contributed by atoms with Gasteiger partial charge in [-0.3, -0.25) is 4.79 Å². The number of hydrogen-bond acceptors (Lipinski definition) is 6. The number of carbonyl (C=O) groups is 1. The Hall–Kier alpha value is -3.69. The van der Waals surface area contributed by atoms with Gasteiger partial charge in [-0.1, -0.05) is 72.4 Å². The van der Waals surface area contributed by atoms with Gasteiger partial charge >= 0.3 is 0 Å². The Bertz CT molecular complexity index is 1270. The summed E-state index contributed by atoms with van der Waals surface area (Å²) in [5.41, 5.74) is 8.25. The van der Waals surface area contributed by atoms with E-state index in [0.717, 1.165) is 28.6 Å². The van der Waals surface area contributed by atoms with Gasteiger partial charge in [0.05, 0.1) is 6.61 Å². The fourth-order valence-corrected chi connectivity index (χ4v) is 4.58. The molecule has 35 heavy (non-hydrogen) atoms. The van der Waals surface area contributed by atoms with Gasteiger partial charge in [-0.2, -0.15) is 0 Å². The quantitative estimate of drug-likeness (QED) is 0.307. The zero-order valence-corrected chi connectivity index (χ0v) is 20.0. The molecule has 1 atom stereocenters. The summed E-state index contributed by atoms with van der Waals surface area (Å²) < 4.78 is 26.6. The lowest BCUT2D eigenvalue weighted by Gasteiger charge is -2.15. The SMILES string of the molecule is COCCn1c(COc2ccccc2-c2ccccc2)nnc1SC(C(N)=O)c1ccc(F)cc1. The number of amides is 1. The maximum Gasteiger partial charge on any atom is 0.235 e. The van der Waals surface area contributed by atoms with E-state index in [1.165, 1.54) is 24.3 Å². The number of carbonyl (C=O) groups excluding carboxylic acids is 1. The first-order chi connectivity index (χ1) is 17.1.